The molecule has 2 N–H and O–H groups in total. The molecule has 0 bridgehead atoms. The topological polar surface area (TPSA) is 61.0 Å². The highest BCUT2D eigenvalue weighted by molar-refractivity contribution is 9.10. The van der Waals surface area contributed by atoms with E-state index in [0.717, 1.165) is 21.2 Å². The van der Waals surface area contributed by atoms with Crippen molar-refractivity contribution in [2.24, 2.45) is 0 Å². The number of hydrogen-bond donors (Lipinski definition) is 1. The van der Waals surface area contributed by atoms with Crippen molar-refractivity contribution >= 4 is 21.7 Å². The minimum Gasteiger partial charge on any atom is -0.481 e. The van der Waals surface area contributed by atoms with Crippen LogP contribution in [0.1, 0.15) is 5.56 Å². The van der Waals surface area contributed by atoms with E-state index < -0.39 is 0 Å². The Morgan fingerprint density at radius 2 is 2.00 bits per heavy atom. The highest BCUT2D eigenvalue weighted by atomic mass is 79.9. The molecule has 0 saturated carbocycles. The fourth-order valence-electron chi connectivity index (χ4n) is 1.54. The first-order chi connectivity index (χ1) is 8.11. The molecule has 88 valence electrons. The third kappa shape index (κ3) is 2.39. The molecule has 0 aliphatic carbocycles. The third-order valence-corrected chi connectivity index (χ3v) is 3.11. The lowest BCUT2D eigenvalue weighted by atomic mass is 10.1. The van der Waals surface area contributed by atoms with Gasteiger partial charge in [0, 0.05) is 29.6 Å². The predicted molar refractivity (Wildman–Crippen MR) is 70.9 cm³/mol. The van der Waals surface area contributed by atoms with Crippen LogP contribution in [-0.2, 0) is 0 Å². The summed E-state index contributed by atoms with van der Waals surface area (Å²) >= 11 is 3.36. The van der Waals surface area contributed by atoms with Crippen LogP contribution in [0.5, 0.6) is 5.88 Å². The number of aryl methyl sites for hydroxylation is 1. The Labute approximate surface area is 108 Å². The Kier molecular flexibility index (Phi) is 3.28. The summed E-state index contributed by atoms with van der Waals surface area (Å²) in [5.74, 6) is 1.08. The molecule has 0 atom stereocenters. The second-order valence-electron chi connectivity index (χ2n) is 3.63. The Hall–Kier alpha value is -1.62. The summed E-state index contributed by atoms with van der Waals surface area (Å²) in [6.45, 7) is 2.00. The van der Waals surface area contributed by atoms with E-state index in [0.29, 0.717) is 11.7 Å². The van der Waals surface area contributed by atoms with Crippen molar-refractivity contribution in [2.75, 3.05) is 12.8 Å². The lowest BCUT2D eigenvalue weighted by Crippen LogP contribution is -1.94. The standard InChI is InChI=1S/C12H12BrN3O/c1-7-3-11(17-2)15-6-9(7)8-4-10(13)12(14)16-5-8/h3-6H,1-2H3,(H2,14,16). The first-order valence-electron chi connectivity index (χ1n) is 5.04. The number of rotatable bonds is 2. The zero-order chi connectivity index (χ0) is 12.4. The quantitative estimate of drug-likeness (QED) is 0.925. The predicted octanol–water partition coefficient (Wildman–Crippen LogP) is 2.81. The van der Waals surface area contributed by atoms with E-state index in [2.05, 4.69) is 25.9 Å². The lowest BCUT2D eigenvalue weighted by molar-refractivity contribution is 0.397. The highest BCUT2D eigenvalue weighted by Gasteiger charge is 2.07. The molecular formula is C12H12BrN3O. The Bertz CT molecular complexity index is 557. The summed E-state index contributed by atoms with van der Waals surface area (Å²) < 4.78 is 5.86. The maximum absolute atomic E-state index is 5.66. The van der Waals surface area contributed by atoms with Gasteiger partial charge in [-0.15, -0.1) is 0 Å². The maximum atomic E-state index is 5.66. The zero-order valence-corrected chi connectivity index (χ0v) is 11.2. The SMILES string of the molecule is COc1cc(C)c(-c2cnc(N)c(Br)c2)cn1. The Balaban J connectivity index is 2.49. The van der Waals surface area contributed by atoms with Crippen LogP contribution >= 0.6 is 15.9 Å². The molecule has 0 spiro atoms. The fourth-order valence-corrected chi connectivity index (χ4v) is 1.89. The van der Waals surface area contributed by atoms with Gasteiger partial charge in [0.2, 0.25) is 5.88 Å². The van der Waals surface area contributed by atoms with Crippen LogP contribution < -0.4 is 10.5 Å². The molecule has 0 saturated heterocycles. The molecule has 0 radical (unpaired) electrons. The van der Waals surface area contributed by atoms with Crippen LogP contribution in [0.2, 0.25) is 0 Å². The Morgan fingerprint density at radius 3 is 2.59 bits per heavy atom. The molecule has 2 heterocycles. The van der Waals surface area contributed by atoms with Gasteiger partial charge in [0.25, 0.3) is 0 Å². The molecule has 2 rings (SSSR count). The zero-order valence-electron chi connectivity index (χ0n) is 9.57. The van der Waals surface area contributed by atoms with Gasteiger partial charge in [0.1, 0.15) is 5.82 Å². The molecular weight excluding hydrogens is 282 g/mol. The van der Waals surface area contributed by atoms with Crippen molar-refractivity contribution in [1.82, 2.24) is 9.97 Å². The van der Waals surface area contributed by atoms with Crippen molar-refractivity contribution in [1.29, 1.82) is 0 Å². The number of pyridine rings is 2. The second-order valence-corrected chi connectivity index (χ2v) is 4.49. The molecule has 5 heteroatoms. The number of aromatic nitrogens is 2. The molecule has 0 aliphatic rings. The number of methoxy groups -OCH3 is 1. The lowest BCUT2D eigenvalue weighted by Gasteiger charge is -2.08. The van der Waals surface area contributed by atoms with Crippen LogP contribution in [0.15, 0.2) is 29.0 Å². The minimum absolute atomic E-state index is 0.480. The smallest absolute Gasteiger partial charge is 0.213 e. The molecule has 17 heavy (non-hydrogen) atoms. The van der Waals surface area contributed by atoms with Gasteiger partial charge in [0.05, 0.1) is 11.6 Å². The summed E-state index contributed by atoms with van der Waals surface area (Å²) in [5.41, 5.74) is 8.72. The van der Waals surface area contributed by atoms with Gasteiger partial charge in [-0.3, -0.25) is 0 Å². The first-order valence-corrected chi connectivity index (χ1v) is 5.83. The number of nitrogens with two attached hydrogens (primary N) is 1. The van der Waals surface area contributed by atoms with Crippen LogP contribution in [-0.4, -0.2) is 17.1 Å². The average Bonchev–Trinajstić information content (AvgIpc) is 2.32. The molecule has 2 aromatic rings. The number of nitrogen functional groups attached to an aromatic ring is 1. The van der Waals surface area contributed by atoms with Crippen LogP contribution in [0.4, 0.5) is 5.82 Å². The van der Waals surface area contributed by atoms with Gasteiger partial charge in [-0.2, -0.15) is 0 Å². The summed E-state index contributed by atoms with van der Waals surface area (Å²) in [6.07, 6.45) is 3.50. The summed E-state index contributed by atoms with van der Waals surface area (Å²) in [6, 6.07) is 3.82. The van der Waals surface area contributed by atoms with E-state index in [1.807, 2.05) is 19.1 Å². The number of ether oxygens (including phenoxy) is 1. The monoisotopic (exact) mass is 293 g/mol. The number of hydrogen-bond acceptors (Lipinski definition) is 4. The van der Waals surface area contributed by atoms with Gasteiger partial charge < -0.3 is 10.5 Å². The van der Waals surface area contributed by atoms with Crippen molar-refractivity contribution in [3.63, 3.8) is 0 Å². The van der Waals surface area contributed by atoms with Gasteiger partial charge in [-0.1, -0.05) is 0 Å². The number of nitrogens with zero attached hydrogens (tertiary/aromatic N) is 2. The summed E-state index contributed by atoms with van der Waals surface area (Å²) in [5, 5.41) is 0. The van der Waals surface area contributed by atoms with Crippen LogP contribution in [0.3, 0.4) is 0 Å². The van der Waals surface area contributed by atoms with Crippen molar-refractivity contribution < 1.29 is 4.74 Å². The van der Waals surface area contributed by atoms with E-state index in [1.165, 1.54) is 0 Å². The van der Waals surface area contributed by atoms with Crippen LogP contribution in [0.25, 0.3) is 11.1 Å². The second kappa shape index (κ2) is 4.71. The normalized spacial score (nSPS) is 10.3. The average molecular weight is 294 g/mol. The van der Waals surface area contributed by atoms with E-state index in [-0.39, 0.29) is 0 Å². The molecule has 0 aliphatic heterocycles. The van der Waals surface area contributed by atoms with Crippen molar-refractivity contribution in [2.45, 2.75) is 6.92 Å². The molecule has 0 unspecified atom stereocenters. The van der Waals surface area contributed by atoms with Gasteiger partial charge in [0.15, 0.2) is 0 Å². The van der Waals surface area contributed by atoms with E-state index in [9.17, 15) is 0 Å². The molecule has 0 fully saturated rings. The molecule has 0 aromatic carbocycles. The molecule has 0 amide bonds. The third-order valence-electron chi connectivity index (χ3n) is 2.48. The number of halogens is 1. The number of anilines is 1. The van der Waals surface area contributed by atoms with Gasteiger partial charge in [-0.25, -0.2) is 9.97 Å². The largest absolute Gasteiger partial charge is 0.481 e. The van der Waals surface area contributed by atoms with Gasteiger partial charge >= 0.3 is 0 Å². The highest BCUT2D eigenvalue weighted by Crippen LogP contribution is 2.28. The Morgan fingerprint density at radius 1 is 1.24 bits per heavy atom. The van der Waals surface area contributed by atoms with E-state index in [4.69, 9.17) is 10.5 Å². The minimum atomic E-state index is 0.480. The van der Waals surface area contributed by atoms with Crippen LogP contribution in [0, 0.1) is 6.92 Å². The summed E-state index contributed by atoms with van der Waals surface area (Å²) in [7, 11) is 1.60. The van der Waals surface area contributed by atoms with E-state index in [1.54, 1.807) is 19.5 Å². The van der Waals surface area contributed by atoms with Gasteiger partial charge in [-0.05, 0) is 34.5 Å². The first kappa shape index (κ1) is 11.9. The molecule has 2 aromatic heterocycles. The van der Waals surface area contributed by atoms with Crippen molar-refractivity contribution in [3.8, 4) is 17.0 Å². The molecule has 4 nitrogen and oxygen atoms in total. The van der Waals surface area contributed by atoms with Crippen molar-refractivity contribution in [3.05, 3.63) is 34.6 Å². The summed E-state index contributed by atoms with van der Waals surface area (Å²) in [4.78, 5) is 8.30. The fraction of sp³-hybridized carbons (Fsp3) is 0.167. The maximum Gasteiger partial charge on any atom is 0.213 e. The van der Waals surface area contributed by atoms with E-state index >= 15 is 0 Å².